The van der Waals surface area contributed by atoms with E-state index in [1.54, 1.807) is 53.6 Å². The molecule has 2 aromatic heterocycles. The van der Waals surface area contributed by atoms with Gasteiger partial charge in [0.05, 0.1) is 28.0 Å². The molecule has 1 aromatic carbocycles. The van der Waals surface area contributed by atoms with Gasteiger partial charge in [-0.15, -0.1) is 11.3 Å². The highest BCUT2D eigenvalue weighted by atomic mass is 79.9. The van der Waals surface area contributed by atoms with Crippen molar-refractivity contribution in [3.63, 3.8) is 0 Å². The van der Waals surface area contributed by atoms with Crippen molar-refractivity contribution in [1.29, 1.82) is 0 Å². The Balaban J connectivity index is 1.58. The van der Waals surface area contributed by atoms with E-state index in [0.29, 0.717) is 12.3 Å². The molecule has 0 fully saturated rings. The number of hydrogen-bond donors (Lipinski definition) is 1. The van der Waals surface area contributed by atoms with Gasteiger partial charge in [-0.05, 0) is 64.0 Å². The lowest BCUT2D eigenvalue weighted by Crippen LogP contribution is -2.23. The van der Waals surface area contributed by atoms with Gasteiger partial charge in [0.2, 0.25) is 15.9 Å². The molecule has 1 N–H and O–H groups in total. The van der Waals surface area contributed by atoms with Crippen LogP contribution in [0.4, 0.5) is 0 Å². The van der Waals surface area contributed by atoms with Gasteiger partial charge in [-0.3, -0.25) is 4.79 Å². The lowest BCUT2D eigenvalue weighted by Gasteiger charge is -2.13. The Bertz CT molecular complexity index is 1090. The van der Waals surface area contributed by atoms with Gasteiger partial charge in [-0.2, -0.15) is 0 Å². The first-order chi connectivity index (χ1) is 13.8. The fourth-order valence-corrected chi connectivity index (χ4v) is 4.99. The second-order valence-electron chi connectivity index (χ2n) is 6.21. The van der Waals surface area contributed by atoms with E-state index in [4.69, 9.17) is 4.42 Å². The van der Waals surface area contributed by atoms with E-state index in [1.165, 1.54) is 24.5 Å². The number of halogens is 1. The van der Waals surface area contributed by atoms with Gasteiger partial charge in [-0.25, -0.2) is 13.1 Å². The number of hydrogen-bond acceptors (Lipinski definition) is 5. The third-order valence-electron chi connectivity index (χ3n) is 4.02. The summed E-state index contributed by atoms with van der Waals surface area (Å²) in [7, 11) is -1.91. The fourth-order valence-electron chi connectivity index (χ4n) is 2.46. The van der Waals surface area contributed by atoms with Crippen molar-refractivity contribution in [2.75, 3.05) is 7.05 Å². The van der Waals surface area contributed by atoms with Gasteiger partial charge in [0.1, 0.15) is 5.76 Å². The Hall–Kier alpha value is -2.20. The van der Waals surface area contributed by atoms with Crippen LogP contribution in [0.15, 0.2) is 74.0 Å². The van der Waals surface area contributed by atoms with Crippen LogP contribution in [0.25, 0.3) is 6.08 Å². The van der Waals surface area contributed by atoms with E-state index in [0.717, 1.165) is 14.2 Å². The monoisotopic (exact) mass is 494 g/mol. The summed E-state index contributed by atoms with van der Waals surface area (Å²) >= 11 is 4.99. The number of amides is 1. The lowest BCUT2D eigenvalue weighted by molar-refractivity contribution is -0.125. The minimum absolute atomic E-state index is 0.0820. The van der Waals surface area contributed by atoms with Crippen molar-refractivity contribution in [3.05, 3.63) is 80.9 Å². The number of nitrogens with zero attached hydrogens (tertiary/aromatic N) is 1. The van der Waals surface area contributed by atoms with Crippen LogP contribution < -0.4 is 4.72 Å². The highest BCUT2D eigenvalue weighted by molar-refractivity contribution is 9.11. The molecule has 1 amide bonds. The fraction of sp³-hybridized carbons (Fsp3) is 0.150. The Morgan fingerprint density at radius 3 is 2.59 bits per heavy atom. The molecule has 29 heavy (non-hydrogen) atoms. The predicted molar refractivity (Wildman–Crippen MR) is 117 cm³/mol. The van der Waals surface area contributed by atoms with Crippen LogP contribution in [0, 0.1) is 0 Å². The Morgan fingerprint density at radius 2 is 1.97 bits per heavy atom. The molecule has 3 rings (SSSR count). The number of likely N-dealkylation sites (N-methyl/N-ethyl adjacent to an activating group) is 1. The van der Waals surface area contributed by atoms with Crippen molar-refractivity contribution in [2.24, 2.45) is 0 Å². The summed E-state index contributed by atoms with van der Waals surface area (Å²) in [4.78, 5) is 15.1. The number of sulfonamides is 1. The summed E-state index contributed by atoms with van der Waals surface area (Å²) in [6.07, 6.45) is 4.63. The summed E-state index contributed by atoms with van der Waals surface area (Å²) < 4.78 is 33.3. The zero-order valence-electron chi connectivity index (χ0n) is 15.5. The highest BCUT2D eigenvalue weighted by Gasteiger charge is 2.14. The van der Waals surface area contributed by atoms with Crippen molar-refractivity contribution in [3.8, 4) is 0 Å². The average Bonchev–Trinajstić information content (AvgIpc) is 3.36. The summed E-state index contributed by atoms with van der Waals surface area (Å²) in [5.41, 5.74) is 0.732. The summed E-state index contributed by atoms with van der Waals surface area (Å²) in [6.45, 7) is 0.608. The molecule has 152 valence electrons. The predicted octanol–water partition coefficient (Wildman–Crippen LogP) is 4.25. The molecule has 0 aliphatic heterocycles. The van der Waals surface area contributed by atoms with Crippen molar-refractivity contribution >= 4 is 49.3 Å². The van der Waals surface area contributed by atoms with E-state index in [-0.39, 0.29) is 17.3 Å². The molecule has 0 aliphatic rings. The molecule has 0 aliphatic carbocycles. The maximum atomic E-state index is 12.3. The number of thiophene rings is 1. The van der Waals surface area contributed by atoms with Crippen LogP contribution in [0.1, 0.15) is 16.2 Å². The largest absolute Gasteiger partial charge is 0.468 e. The van der Waals surface area contributed by atoms with Gasteiger partial charge in [0.15, 0.2) is 0 Å². The summed E-state index contributed by atoms with van der Waals surface area (Å²) in [6, 6.07) is 13.6. The van der Waals surface area contributed by atoms with Gasteiger partial charge in [0.25, 0.3) is 0 Å². The molecule has 0 atom stereocenters. The number of furan rings is 1. The van der Waals surface area contributed by atoms with E-state index in [1.807, 2.05) is 12.1 Å². The number of nitrogens with one attached hydrogen (secondary N) is 1. The standard InChI is InChI=1S/C20H19BrN2O4S2/c1-23(14-17-7-10-19(21)28-17)20(24)11-6-15-4-8-18(9-5-15)29(25,26)22-13-16-3-2-12-27-16/h2-12,22H,13-14H2,1H3. The number of carbonyl (C=O) groups is 1. The molecular formula is C20H19BrN2O4S2. The smallest absolute Gasteiger partial charge is 0.246 e. The molecule has 2 heterocycles. The van der Waals surface area contributed by atoms with Gasteiger partial charge in [0, 0.05) is 18.0 Å². The van der Waals surface area contributed by atoms with Crippen LogP contribution in [0.3, 0.4) is 0 Å². The number of carbonyl (C=O) groups excluding carboxylic acids is 1. The Kier molecular flexibility index (Phi) is 7.07. The third kappa shape index (κ3) is 6.14. The van der Waals surface area contributed by atoms with E-state index in [9.17, 15) is 13.2 Å². The van der Waals surface area contributed by atoms with Crippen molar-refractivity contribution in [1.82, 2.24) is 9.62 Å². The summed E-state index contributed by atoms with van der Waals surface area (Å²) in [5, 5.41) is 0. The van der Waals surface area contributed by atoms with E-state index < -0.39 is 10.0 Å². The minimum Gasteiger partial charge on any atom is -0.468 e. The topological polar surface area (TPSA) is 79.6 Å². The lowest BCUT2D eigenvalue weighted by atomic mass is 10.2. The van der Waals surface area contributed by atoms with Crippen molar-refractivity contribution < 1.29 is 17.6 Å². The maximum Gasteiger partial charge on any atom is 0.246 e. The average molecular weight is 495 g/mol. The second kappa shape index (κ2) is 9.53. The maximum absolute atomic E-state index is 12.3. The minimum atomic E-state index is -3.64. The van der Waals surface area contributed by atoms with Gasteiger partial charge >= 0.3 is 0 Å². The molecular weight excluding hydrogens is 476 g/mol. The Labute approximate surface area is 182 Å². The first kappa shape index (κ1) is 21.5. The quantitative estimate of drug-likeness (QED) is 0.474. The van der Waals surface area contributed by atoms with Crippen LogP contribution in [-0.2, 0) is 27.9 Å². The second-order valence-corrected chi connectivity index (χ2v) is 10.5. The highest BCUT2D eigenvalue weighted by Crippen LogP contribution is 2.23. The van der Waals surface area contributed by atoms with Gasteiger partial charge in [-0.1, -0.05) is 12.1 Å². The molecule has 0 radical (unpaired) electrons. The molecule has 0 saturated carbocycles. The third-order valence-corrected chi connectivity index (χ3v) is 7.05. The number of rotatable bonds is 8. The SMILES string of the molecule is CN(Cc1ccc(Br)s1)C(=O)C=Cc1ccc(S(=O)(=O)NCc2ccco2)cc1. The Morgan fingerprint density at radius 1 is 1.21 bits per heavy atom. The summed E-state index contributed by atoms with van der Waals surface area (Å²) in [5.74, 6) is 0.400. The van der Waals surface area contributed by atoms with E-state index in [2.05, 4.69) is 20.7 Å². The number of benzene rings is 1. The van der Waals surface area contributed by atoms with Gasteiger partial charge < -0.3 is 9.32 Å². The molecule has 0 saturated heterocycles. The molecule has 0 unspecified atom stereocenters. The molecule has 3 aromatic rings. The molecule has 6 nitrogen and oxygen atoms in total. The zero-order chi connectivity index (χ0) is 20.9. The first-order valence-electron chi connectivity index (χ1n) is 8.63. The van der Waals surface area contributed by atoms with Crippen molar-refractivity contribution in [2.45, 2.75) is 18.0 Å². The first-order valence-corrected chi connectivity index (χ1v) is 11.7. The molecule has 0 bridgehead atoms. The van der Waals surface area contributed by atoms with Crippen LogP contribution in [-0.4, -0.2) is 26.3 Å². The van der Waals surface area contributed by atoms with E-state index >= 15 is 0 Å². The van der Waals surface area contributed by atoms with Crippen LogP contribution >= 0.6 is 27.3 Å². The molecule has 9 heteroatoms. The zero-order valence-corrected chi connectivity index (χ0v) is 18.8. The van der Waals surface area contributed by atoms with Crippen LogP contribution in [0.2, 0.25) is 0 Å². The molecule has 0 spiro atoms. The van der Waals surface area contributed by atoms with Crippen LogP contribution in [0.5, 0.6) is 0 Å². The normalized spacial score (nSPS) is 11.8.